The fourth-order valence-corrected chi connectivity index (χ4v) is 4.78. The predicted molar refractivity (Wildman–Crippen MR) is 121 cm³/mol. The Morgan fingerprint density at radius 1 is 1.16 bits per heavy atom. The van der Waals surface area contributed by atoms with Crippen LogP contribution in [-0.2, 0) is 10.0 Å². The molecule has 10 heteroatoms. The summed E-state index contributed by atoms with van der Waals surface area (Å²) in [5.41, 5.74) is 4.19. The van der Waals surface area contributed by atoms with Gasteiger partial charge in [-0.1, -0.05) is 23.4 Å². The van der Waals surface area contributed by atoms with Crippen LogP contribution in [0.2, 0.25) is 5.02 Å². The molecule has 0 fully saturated rings. The van der Waals surface area contributed by atoms with Crippen LogP contribution in [0.1, 0.15) is 21.7 Å². The quantitative estimate of drug-likeness (QED) is 0.324. The topological polar surface area (TPSA) is 108 Å². The Bertz CT molecular complexity index is 1410. The first-order valence-electron chi connectivity index (χ1n) is 9.18. The number of ketones is 1. The number of benzene rings is 2. The molecule has 0 aliphatic rings. The number of fused-ring (bicyclic) bond motifs is 1. The molecule has 4 rings (SSSR count). The molecule has 0 amide bonds. The van der Waals surface area contributed by atoms with E-state index in [2.05, 4.69) is 4.98 Å². The molecule has 2 aromatic heterocycles. The second-order valence-corrected chi connectivity index (χ2v) is 9.89. The van der Waals surface area contributed by atoms with Gasteiger partial charge in [0, 0.05) is 27.7 Å². The normalized spacial score (nSPS) is 11.9. The van der Waals surface area contributed by atoms with E-state index in [9.17, 15) is 13.2 Å². The van der Waals surface area contributed by atoms with Crippen molar-refractivity contribution >= 4 is 50.3 Å². The Morgan fingerprint density at radius 2 is 1.87 bits per heavy atom. The molecule has 2 heterocycles. The summed E-state index contributed by atoms with van der Waals surface area (Å²) in [7, 11) is -3.76. The van der Waals surface area contributed by atoms with Gasteiger partial charge in [0.05, 0.1) is 10.6 Å². The van der Waals surface area contributed by atoms with Gasteiger partial charge in [0.2, 0.25) is 10.0 Å². The van der Waals surface area contributed by atoms with Crippen molar-refractivity contribution in [3.8, 4) is 5.69 Å². The van der Waals surface area contributed by atoms with Gasteiger partial charge in [0.15, 0.2) is 11.4 Å². The molecular formula is C21H18ClN3O4S2. The van der Waals surface area contributed by atoms with Gasteiger partial charge in [-0.05, 0) is 62.4 Å². The smallest absolute Gasteiger partial charge is 0.257 e. The zero-order chi connectivity index (χ0) is 22.3. The molecule has 7 nitrogen and oxygen atoms in total. The molecular weight excluding hydrogens is 458 g/mol. The highest BCUT2D eigenvalue weighted by atomic mass is 35.5. The van der Waals surface area contributed by atoms with Crippen molar-refractivity contribution in [3.05, 3.63) is 70.5 Å². The molecule has 0 aliphatic carbocycles. The third-order valence-corrected chi connectivity index (χ3v) is 6.80. The van der Waals surface area contributed by atoms with Crippen LogP contribution in [0.3, 0.4) is 0 Å². The number of carbonyl (C=O) groups excluding carboxylic acids is 1. The van der Waals surface area contributed by atoms with E-state index >= 15 is 0 Å². The minimum absolute atomic E-state index is 0.0334. The molecule has 2 N–H and O–H groups in total. The Labute approximate surface area is 188 Å². The van der Waals surface area contributed by atoms with E-state index < -0.39 is 10.0 Å². The zero-order valence-electron chi connectivity index (χ0n) is 16.6. The van der Waals surface area contributed by atoms with Gasteiger partial charge in [-0.15, -0.1) is 0 Å². The lowest BCUT2D eigenvalue weighted by atomic mass is 10.2. The number of hydrogen-bond donors (Lipinski definition) is 1. The second-order valence-electron chi connectivity index (χ2n) is 6.96. The number of halogens is 1. The van der Waals surface area contributed by atoms with E-state index in [1.54, 1.807) is 30.3 Å². The number of hydrogen-bond acceptors (Lipinski definition) is 6. The van der Waals surface area contributed by atoms with Gasteiger partial charge in [-0.3, -0.25) is 4.79 Å². The summed E-state index contributed by atoms with van der Waals surface area (Å²) < 4.78 is 30.5. The van der Waals surface area contributed by atoms with Crippen molar-refractivity contribution in [1.29, 1.82) is 0 Å². The van der Waals surface area contributed by atoms with Crippen LogP contribution in [0.5, 0.6) is 0 Å². The van der Waals surface area contributed by atoms with Crippen LogP contribution < -0.4 is 5.14 Å². The van der Waals surface area contributed by atoms with Crippen LogP contribution in [0.15, 0.2) is 63.1 Å². The summed E-state index contributed by atoms with van der Waals surface area (Å²) in [4.78, 5) is 17.3. The molecule has 0 bridgehead atoms. The molecule has 0 aliphatic heterocycles. The highest BCUT2D eigenvalue weighted by Crippen LogP contribution is 2.28. The van der Waals surface area contributed by atoms with Crippen LogP contribution in [-0.4, -0.2) is 29.5 Å². The minimum Gasteiger partial charge on any atom is -0.431 e. The summed E-state index contributed by atoms with van der Waals surface area (Å²) >= 11 is 7.19. The number of primary sulfonamides is 1. The highest BCUT2D eigenvalue weighted by Gasteiger charge is 2.19. The number of nitrogens with two attached hydrogens (primary N) is 1. The zero-order valence-corrected chi connectivity index (χ0v) is 19.0. The molecule has 0 atom stereocenters. The van der Waals surface area contributed by atoms with Crippen molar-refractivity contribution in [2.45, 2.75) is 24.0 Å². The van der Waals surface area contributed by atoms with Crippen molar-refractivity contribution in [3.63, 3.8) is 0 Å². The van der Waals surface area contributed by atoms with E-state index in [1.807, 2.05) is 24.5 Å². The standard InChI is InChI=1S/C21H18ClN3O4S2/c1-12-9-17(13(2)25(12)15-4-6-16(7-5-15)31(23,27)28)19(26)11-30-21-24-18-10-14(22)3-8-20(18)29-21/h3-10H,11H2,1-2H3,(H2,23,27,28). The van der Waals surface area contributed by atoms with Gasteiger partial charge >= 0.3 is 0 Å². The number of aryl methyl sites for hydroxylation is 1. The number of thioether (sulfide) groups is 1. The molecule has 31 heavy (non-hydrogen) atoms. The number of aromatic nitrogens is 2. The summed E-state index contributed by atoms with van der Waals surface area (Å²) in [6.45, 7) is 3.73. The maximum atomic E-state index is 12.9. The molecule has 160 valence electrons. The third-order valence-electron chi connectivity index (χ3n) is 4.81. The first-order chi connectivity index (χ1) is 14.6. The maximum Gasteiger partial charge on any atom is 0.257 e. The highest BCUT2D eigenvalue weighted by molar-refractivity contribution is 7.99. The van der Waals surface area contributed by atoms with Crippen molar-refractivity contribution in [2.24, 2.45) is 5.14 Å². The molecule has 0 unspecified atom stereocenters. The van der Waals surface area contributed by atoms with Crippen LogP contribution in [0.4, 0.5) is 0 Å². The Hall–Kier alpha value is -2.59. The lowest BCUT2D eigenvalue weighted by molar-refractivity contribution is 0.102. The lowest BCUT2D eigenvalue weighted by Crippen LogP contribution is -2.12. The number of carbonyl (C=O) groups is 1. The van der Waals surface area contributed by atoms with Crippen LogP contribution in [0, 0.1) is 13.8 Å². The van der Waals surface area contributed by atoms with E-state index in [0.29, 0.717) is 26.9 Å². The maximum absolute atomic E-state index is 12.9. The number of nitrogens with zero attached hydrogens (tertiary/aromatic N) is 2. The molecule has 0 spiro atoms. The largest absolute Gasteiger partial charge is 0.431 e. The van der Waals surface area contributed by atoms with Crippen molar-refractivity contribution in [1.82, 2.24) is 9.55 Å². The van der Waals surface area contributed by atoms with E-state index in [1.165, 1.54) is 23.9 Å². The van der Waals surface area contributed by atoms with Crippen LogP contribution >= 0.6 is 23.4 Å². The molecule has 0 radical (unpaired) electrons. The third kappa shape index (κ3) is 4.40. The molecule has 2 aromatic carbocycles. The van der Waals surface area contributed by atoms with Gasteiger partial charge in [-0.2, -0.15) is 0 Å². The average Bonchev–Trinajstić information content (AvgIpc) is 3.25. The fraction of sp³-hybridized carbons (Fsp3) is 0.143. The summed E-state index contributed by atoms with van der Waals surface area (Å²) in [6, 6.07) is 13.2. The number of sulfonamides is 1. The molecule has 0 saturated carbocycles. The fourth-order valence-electron chi connectivity index (χ4n) is 3.37. The lowest BCUT2D eigenvalue weighted by Gasteiger charge is -2.10. The van der Waals surface area contributed by atoms with E-state index in [4.69, 9.17) is 21.2 Å². The minimum atomic E-state index is -3.76. The van der Waals surface area contributed by atoms with Crippen molar-refractivity contribution in [2.75, 3.05) is 5.75 Å². The number of rotatable bonds is 6. The molecule has 0 saturated heterocycles. The van der Waals surface area contributed by atoms with Crippen LogP contribution in [0.25, 0.3) is 16.8 Å². The first kappa shape index (κ1) is 21.6. The van der Waals surface area contributed by atoms with Gasteiger partial charge in [0.1, 0.15) is 5.52 Å². The molecule has 4 aromatic rings. The summed E-state index contributed by atoms with van der Waals surface area (Å²) in [6.07, 6.45) is 0. The average molecular weight is 476 g/mol. The van der Waals surface area contributed by atoms with Gasteiger partial charge < -0.3 is 8.98 Å². The van der Waals surface area contributed by atoms with Gasteiger partial charge in [0.25, 0.3) is 5.22 Å². The van der Waals surface area contributed by atoms with Crippen molar-refractivity contribution < 1.29 is 17.6 Å². The SMILES string of the molecule is Cc1cc(C(=O)CSc2nc3cc(Cl)ccc3o2)c(C)n1-c1ccc(S(N)(=O)=O)cc1. The van der Waals surface area contributed by atoms with E-state index in [-0.39, 0.29) is 16.4 Å². The predicted octanol–water partition coefficient (Wildman–Crippen LogP) is 4.51. The Kier molecular flexibility index (Phi) is 5.69. The second kappa shape index (κ2) is 8.16. The number of oxazole rings is 1. The first-order valence-corrected chi connectivity index (χ1v) is 12.1. The van der Waals surface area contributed by atoms with E-state index in [0.717, 1.165) is 17.1 Å². The summed E-state index contributed by atoms with van der Waals surface area (Å²) in [5.74, 6) is 0.0978. The Morgan fingerprint density at radius 3 is 2.55 bits per heavy atom. The summed E-state index contributed by atoms with van der Waals surface area (Å²) in [5, 5.41) is 6.13. The Balaban J connectivity index is 1.55. The number of Topliss-reactive ketones (excluding diaryl/α,β-unsaturated/α-hetero) is 1. The monoisotopic (exact) mass is 475 g/mol. The van der Waals surface area contributed by atoms with Gasteiger partial charge in [-0.25, -0.2) is 18.5 Å².